The highest BCUT2D eigenvalue weighted by atomic mass is 32.1. The van der Waals surface area contributed by atoms with Gasteiger partial charge in [0.2, 0.25) is 5.91 Å². The van der Waals surface area contributed by atoms with E-state index in [1.54, 1.807) is 11.3 Å². The summed E-state index contributed by atoms with van der Waals surface area (Å²) >= 11 is 1.57. The summed E-state index contributed by atoms with van der Waals surface area (Å²) in [6, 6.07) is 0. The van der Waals surface area contributed by atoms with Crippen LogP contribution in [0.2, 0.25) is 0 Å². The lowest BCUT2D eigenvalue weighted by atomic mass is 10.1. The first-order valence-corrected chi connectivity index (χ1v) is 10.0. The number of anilines is 1. The van der Waals surface area contributed by atoms with Crippen molar-refractivity contribution in [1.82, 2.24) is 9.80 Å². The van der Waals surface area contributed by atoms with E-state index in [0.29, 0.717) is 19.6 Å². The van der Waals surface area contributed by atoms with E-state index in [9.17, 15) is 18.0 Å². The molecule has 3 heterocycles. The first kappa shape index (κ1) is 19.5. The van der Waals surface area contributed by atoms with Crippen LogP contribution in [0, 0.1) is 6.92 Å². The lowest BCUT2D eigenvalue weighted by molar-refractivity contribution is -0.134. The van der Waals surface area contributed by atoms with Crippen molar-refractivity contribution >= 4 is 22.2 Å². The second-order valence-corrected chi connectivity index (χ2v) is 8.21. The molecule has 2 aliphatic rings. The van der Waals surface area contributed by atoms with Crippen molar-refractivity contribution in [3.63, 3.8) is 0 Å². The number of rotatable bonds is 5. The molecule has 0 N–H and O–H groups in total. The Morgan fingerprint density at radius 1 is 1.19 bits per heavy atom. The summed E-state index contributed by atoms with van der Waals surface area (Å²) < 4.78 is 38.2. The topological polar surface area (TPSA) is 26.8 Å². The number of carbonyl (C=O) groups excluding carboxylic acids is 1. The molecule has 0 bridgehead atoms. The van der Waals surface area contributed by atoms with Crippen LogP contribution in [-0.2, 0) is 17.9 Å². The Bertz CT molecular complexity index is 659. The molecule has 2 aliphatic heterocycles. The number of likely N-dealkylation sites (tertiary alicyclic amines) is 1. The smallest absolute Gasteiger partial charge is 0.350 e. The zero-order chi connectivity index (χ0) is 18.9. The molecule has 1 saturated heterocycles. The van der Waals surface area contributed by atoms with Crippen molar-refractivity contribution < 1.29 is 18.0 Å². The summed E-state index contributed by atoms with van der Waals surface area (Å²) in [5, 5.41) is 0.955. The number of halogens is 3. The van der Waals surface area contributed by atoms with E-state index in [2.05, 4.69) is 4.90 Å². The fourth-order valence-electron chi connectivity index (χ4n) is 3.60. The second kappa shape index (κ2) is 7.76. The standard InChI is InChI=1S/C18H26F3N3OS/c1-3-22-10-14-13(2)15(11-23-8-5-4-6-16(23)25)26-17(14)24(12-22)9-7-18(19,20)21/h3-12H2,1-2H3. The van der Waals surface area contributed by atoms with Crippen molar-refractivity contribution in [2.75, 3.05) is 31.2 Å². The molecule has 3 rings (SSSR count). The Morgan fingerprint density at radius 3 is 2.62 bits per heavy atom. The Labute approximate surface area is 156 Å². The Balaban J connectivity index is 1.82. The number of amides is 1. The third-order valence-corrected chi connectivity index (χ3v) is 6.64. The van der Waals surface area contributed by atoms with Crippen molar-refractivity contribution in [1.29, 1.82) is 0 Å². The molecule has 0 saturated carbocycles. The molecule has 0 spiro atoms. The summed E-state index contributed by atoms with van der Waals surface area (Å²) in [5.41, 5.74) is 2.27. The predicted octanol–water partition coefficient (Wildman–Crippen LogP) is 4.12. The van der Waals surface area contributed by atoms with Gasteiger partial charge in [-0.25, -0.2) is 0 Å². The van der Waals surface area contributed by atoms with Crippen LogP contribution in [0.15, 0.2) is 0 Å². The minimum Gasteiger partial charge on any atom is -0.350 e. The number of fused-ring (bicyclic) bond motifs is 1. The number of carbonyl (C=O) groups is 1. The number of piperidine rings is 1. The maximum Gasteiger partial charge on any atom is 0.390 e. The highest BCUT2D eigenvalue weighted by Gasteiger charge is 2.32. The van der Waals surface area contributed by atoms with E-state index in [-0.39, 0.29) is 12.5 Å². The molecular weight excluding hydrogens is 363 g/mol. The lowest BCUT2D eigenvalue weighted by Crippen LogP contribution is -2.43. The zero-order valence-electron chi connectivity index (χ0n) is 15.4. The van der Waals surface area contributed by atoms with Gasteiger partial charge in [0.15, 0.2) is 0 Å². The summed E-state index contributed by atoms with van der Waals surface area (Å²) in [5.74, 6) is 0.186. The SMILES string of the molecule is CCN1Cc2c(sc(CN3CCCCC3=O)c2C)N(CCC(F)(F)F)C1. The van der Waals surface area contributed by atoms with Crippen LogP contribution in [0.1, 0.15) is 48.6 Å². The van der Waals surface area contributed by atoms with Crippen molar-refractivity contribution in [2.45, 2.75) is 58.8 Å². The van der Waals surface area contributed by atoms with Crippen LogP contribution in [0.4, 0.5) is 18.2 Å². The third kappa shape index (κ3) is 4.34. The first-order chi connectivity index (χ1) is 12.3. The second-order valence-electron chi connectivity index (χ2n) is 7.12. The quantitative estimate of drug-likeness (QED) is 0.758. The van der Waals surface area contributed by atoms with Gasteiger partial charge in [0.05, 0.1) is 24.6 Å². The molecule has 0 aromatic carbocycles. The van der Waals surface area contributed by atoms with Crippen LogP contribution in [0.25, 0.3) is 0 Å². The summed E-state index contributed by atoms with van der Waals surface area (Å²) in [6.07, 6.45) is -2.38. The normalized spacial score (nSPS) is 19.2. The van der Waals surface area contributed by atoms with Crippen molar-refractivity contribution in [3.8, 4) is 0 Å². The molecule has 4 nitrogen and oxygen atoms in total. The minimum atomic E-state index is -4.15. The van der Waals surface area contributed by atoms with Gasteiger partial charge in [0.25, 0.3) is 0 Å². The number of nitrogens with zero attached hydrogens (tertiary/aromatic N) is 3. The Hall–Kier alpha value is -1.28. The molecule has 0 unspecified atom stereocenters. The van der Waals surface area contributed by atoms with E-state index in [1.165, 1.54) is 0 Å². The molecule has 0 atom stereocenters. The number of thiophene rings is 1. The van der Waals surface area contributed by atoms with E-state index >= 15 is 0 Å². The predicted molar refractivity (Wildman–Crippen MR) is 97.3 cm³/mol. The first-order valence-electron chi connectivity index (χ1n) is 9.21. The average molecular weight is 389 g/mol. The molecule has 0 aliphatic carbocycles. The third-order valence-electron chi connectivity index (χ3n) is 5.26. The van der Waals surface area contributed by atoms with E-state index in [4.69, 9.17) is 0 Å². The van der Waals surface area contributed by atoms with Crippen LogP contribution < -0.4 is 4.90 Å². The lowest BCUT2D eigenvalue weighted by Gasteiger charge is -2.36. The van der Waals surface area contributed by atoms with Gasteiger partial charge in [-0.1, -0.05) is 6.92 Å². The van der Waals surface area contributed by atoms with Gasteiger partial charge >= 0.3 is 6.18 Å². The van der Waals surface area contributed by atoms with Gasteiger partial charge in [-0.3, -0.25) is 9.69 Å². The van der Waals surface area contributed by atoms with E-state index in [1.807, 2.05) is 23.6 Å². The molecule has 0 radical (unpaired) electrons. The van der Waals surface area contributed by atoms with Crippen LogP contribution in [0.3, 0.4) is 0 Å². The summed E-state index contributed by atoms with van der Waals surface area (Å²) in [7, 11) is 0. The van der Waals surface area contributed by atoms with Gasteiger partial charge in [-0.15, -0.1) is 11.3 Å². The number of hydrogen-bond acceptors (Lipinski definition) is 4. The molecule has 8 heteroatoms. The maximum atomic E-state index is 12.7. The number of alkyl halides is 3. The highest BCUT2D eigenvalue weighted by Crippen LogP contribution is 2.41. The van der Waals surface area contributed by atoms with E-state index < -0.39 is 12.6 Å². The molecule has 26 heavy (non-hydrogen) atoms. The zero-order valence-corrected chi connectivity index (χ0v) is 16.2. The van der Waals surface area contributed by atoms with Gasteiger partial charge in [-0.2, -0.15) is 13.2 Å². The molecular formula is C18H26F3N3OS. The monoisotopic (exact) mass is 389 g/mol. The Kier molecular flexibility index (Phi) is 5.81. The summed E-state index contributed by atoms with van der Waals surface area (Å²) in [4.78, 5) is 19.1. The molecule has 1 fully saturated rings. The molecule has 146 valence electrons. The maximum absolute atomic E-state index is 12.7. The highest BCUT2D eigenvalue weighted by molar-refractivity contribution is 7.16. The van der Waals surface area contributed by atoms with Crippen molar-refractivity contribution in [3.05, 3.63) is 16.0 Å². The van der Waals surface area contributed by atoms with Crippen LogP contribution in [-0.4, -0.2) is 48.2 Å². The molecule has 1 aromatic heterocycles. The van der Waals surface area contributed by atoms with Crippen molar-refractivity contribution in [2.24, 2.45) is 0 Å². The number of hydrogen-bond donors (Lipinski definition) is 0. The Morgan fingerprint density at radius 2 is 1.96 bits per heavy atom. The van der Waals surface area contributed by atoms with E-state index in [0.717, 1.165) is 53.5 Å². The minimum absolute atomic E-state index is 0.0188. The van der Waals surface area contributed by atoms with Gasteiger partial charge < -0.3 is 9.80 Å². The largest absolute Gasteiger partial charge is 0.390 e. The van der Waals surface area contributed by atoms with Crippen LogP contribution in [0.5, 0.6) is 0 Å². The average Bonchev–Trinajstić information content (AvgIpc) is 2.90. The molecule has 1 amide bonds. The molecule has 1 aromatic rings. The van der Waals surface area contributed by atoms with Gasteiger partial charge in [0, 0.05) is 36.5 Å². The fraction of sp³-hybridized carbons (Fsp3) is 0.722. The van der Waals surface area contributed by atoms with Gasteiger partial charge in [0.1, 0.15) is 0 Å². The summed E-state index contributed by atoms with van der Waals surface area (Å²) in [6.45, 7) is 7.52. The fourth-order valence-corrected chi connectivity index (χ4v) is 4.95. The van der Waals surface area contributed by atoms with Gasteiger partial charge in [-0.05, 0) is 31.9 Å². The van der Waals surface area contributed by atoms with Crippen LogP contribution >= 0.6 is 11.3 Å².